The van der Waals surface area contributed by atoms with Gasteiger partial charge >= 0.3 is 0 Å². The van der Waals surface area contributed by atoms with Crippen LogP contribution in [0.3, 0.4) is 0 Å². The topological polar surface area (TPSA) is 173 Å². The average molecular weight is 686 g/mol. The quantitative estimate of drug-likeness (QED) is 0.0718. The minimum Gasteiger partial charge on any atom is -0.378 e. The van der Waals surface area contributed by atoms with Gasteiger partial charge in [0.2, 0.25) is 29.5 Å². The van der Waals surface area contributed by atoms with Gasteiger partial charge in [0.05, 0.1) is 39.6 Å². The second-order valence-electron chi connectivity index (χ2n) is 13.3. The van der Waals surface area contributed by atoms with Gasteiger partial charge < -0.3 is 40.8 Å². The van der Waals surface area contributed by atoms with Crippen LogP contribution in [0.15, 0.2) is 0 Å². The molecule has 0 aliphatic carbocycles. The normalized spacial score (nSPS) is 13.7. The molecule has 48 heavy (non-hydrogen) atoms. The Morgan fingerprint density at radius 2 is 0.938 bits per heavy atom. The van der Waals surface area contributed by atoms with Crippen molar-refractivity contribution in [1.29, 1.82) is 0 Å². The second kappa shape index (κ2) is 28.1. The van der Waals surface area contributed by atoms with Gasteiger partial charge in [-0.05, 0) is 30.6 Å². The van der Waals surface area contributed by atoms with Gasteiger partial charge in [-0.25, -0.2) is 0 Å². The van der Waals surface area contributed by atoms with Crippen molar-refractivity contribution in [3.8, 4) is 0 Å². The number of carbonyl (C=O) groups excluding carboxylic acids is 5. The van der Waals surface area contributed by atoms with E-state index in [0.717, 1.165) is 19.3 Å². The summed E-state index contributed by atoms with van der Waals surface area (Å²) in [5.41, 5.74) is -1.17. The van der Waals surface area contributed by atoms with Crippen molar-refractivity contribution in [2.45, 2.75) is 112 Å². The molecule has 0 aromatic rings. The molecule has 0 spiro atoms. The lowest BCUT2D eigenvalue weighted by Crippen LogP contribution is -2.58. The van der Waals surface area contributed by atoms with Gasteiger partial charge in [0.25, 0.3) is 0 Å². The Morgan fingerprint density at radius 1 is 0.542 bits per heavy atom. The van der Waals surface area contributed by atoms with E-state index in [4.69, 9.17) is 14.2 Å². The zero-order chi connectivity index (χ0) is 36.2. The van der Waals surface area contributed by atoms with Crippen LogP contribution in [0, 0.1) is 17.8 Å². The minimum atomic E-state index is -1.17. The number of carbonyl (C=O) groups is 5. The van der Waals surface area contributed by atoms with E-state index < -0.39 is 5.54 Å². The maximum absolute atomic E-state index is 13.2. The van der Waals surface area contributed by atoms with E-state index in [9.17, 15) is 24.0 Å². The Balaban J connectivity index is 5.54. The minimum absolute atomic E-state index is 0.0326. The summed E-state index contributed by atoms with van der Waals surface area (Å²) in [6, 6.07) is 0. The molecule has 0 aromatic carbocycles. The highest BCUT2D eigenvalue weighted by Gasteiger charge is 2.34. The molecule has 5 N–H and O–H groups in total. The molecule has 0 radical (unpaired) electrons. The van der Waals surface area contributed by atoms with Crippen molar-refractivity contribution in [1.82, 2.24) is 26.6 Å². The molecule has 2 atom stereocenters. The second-order valence-corrected chi connectivity index (χ2v) is 13.3. The lowest BCUT2D eigenvalue weighted by molar-refractivity contribution is -0.131. The standard InChI is InChI=1S/C35H67N5O8/c1-8-17-36-31(42)14-18-46-24-35(25-47-19-15-32(43)38-22-28(6)9-2,26-48-20-16-33(44)39-23-29(7)10-3)40-34(45)13-11-12-30(41)37-21-27(4)5/h27-29H,8-26H2,1-7H3,(H,36,42)(H,37,41)(H,38,43)(H,39,44)(H,40,45). The van der Waals surface area contributed by atoms with Gasteiger partial charge in [0.1, 0.15) is 5.54 Å². The van der Waals surface area contributed by atoms with Crippen LogP contribution in [0.25, 0.3) is 0 Å². The van der Waals surface area contributed by atoms with E-state index in [0.29, 0.717) is 50.4 Å². The number of nitrogens with one attached hydrogen (secondary N) is 5. The first kappa shape index (κ1) is 45.2. The molecule has 0 saturated heterocycles. The fourth-order valence-electron chi connectivity index (χ4n) is 4.10. The molecule has 5 amide bonds. The van der Waals surface area contributed by atoms with Crippen molar-refractivity contribution < 1.29 is 38.2 Å². The maximum Gasteiger partial charge on any atom is 0.222 e. The van der Waals surface area contributed by atoms with E-state index in [-0.39, 0.29) is 101 Å². The zero-order valence-electron chi connectivity index (χ0n) is 30.9. The number of hydrogen-bond acceptors (Lipinski definition) is 8. The molecule has 0 aliphatic rings. The van der Waals surface area contributed by atoms with Crippen LogP contribution in [0.1, 0.15) is 106 Å². The van der Waals surface area contributed by atoms with Gasteiger partial charge in [0.15, 0.2) is 0 Å². The van der Waals surface area contributed by atoms with Gasteiger partial charge in [0, 0.05) is 58.3 Å². The van der Waals surface area contributed by atoms with Crippen molar-refractivity contribution in [3.05, 3.63) is 0 Å². The van der Waals surface area contributed by atoms with Crippen molar-refractivity contribution >= 4 is 29.5 Å². The monoisotopic (exact) mass is 685 g/mol. The van der Waals surface area contributed by atoms with Gasteiger partial charge in [-0.3, -0.25) is 24.0 Å². The van der Waals surface area contributed by atoms with Crippen LogP contribution in [-0.4, -0.2) is 101 Å². The van der Waals surface area contributed by atoms with Gasteiger partial charge in [-0.15, -0.1) is 0 Å². The van der Waals surface area contributed by atoms with Gasteiger partial charge in [-0.1, -0.05) is 61.3 Å². The number of amides is 5. The molecular weight excluding hydrogens is 618 g/mol. The summed E-state index contributed by atoms with van der Waals surface area (Å²) in [6.45, 7) is 16.8. The molecule has 0 aromatic heterocycles. The van der Waals surface area contributed by atoms with Crippen molar-refractivity contribution in [3.63, 3.8) is 0 Å². The van der Waals surface area contributed by atoms with Crippen molar-refractivity contribution in [2.75, 3.05) is 65.8 Å². The molecule has 0 heterocycles. The van der Waals surface area contributed by atoms with Crippen LogP contribution in [0.4, 0.5) is 0 Å². The summed E-state index contributed by atoms with van der Waals surface area (Å²) in [5.74, 6) is 0.237. The highest BCUT2D eigenvalue weighted by atomic mass is 16.5. The highest BCUT2D eigenvalue weighted by molar-refractivity contribution is 5.79. The lowest BCUT2D eigenvalue weighted by atomic mass is 10.0. The molecule has 0 bridgehead atoms. The number of hydrogen-bond donors (Lipinski definition) is 5. The summed E-state index contributed by atoms with van der Waals surface area (Å²) in [6.07, 6.45) is 3.81. The predicted octanol–water partition coefficient (Wildman–Crippen LogP) is 2.85. The van der Waals surface area contributed by atoms with E-state index in [2.05, 4.69) is 54.3 Å². The van der Waals surface area contributed by atoms with Crippen LogP contribution >= 0.6 is 0 Å². The van der Waals surface area contributed by atoms with E-state index in [1.807, 2.05) is 20.8 Å². The van der Waals surface area contributed by atoms with E-state index in [1.165, 1.54) is 0 Å². The Hall–Kier alpha value is -2.77. The highest BCUT2D eigenvalue weighted by Crippen LogP contribution is 2.12. The molecule has 280 valence electrons. The first-order valence-electron chi connectivity index (χ1n) is 18.0. The third kappa shape index (κ3) is 25.3. The van der Waals surface area contributed by atoms with E-state index >= 15 is 0 Å². The van der Waals surface area contributed by atoms with E-state index in [1.54, 1.807) is 0 Å². The molecular formula is C35H67N5O8. The van der Waals surface area contributed by atoms with Crippen LogP contribution < -0.4 is 26.6 Å². The summed E-state index contributed by atoms with van der Waals surface area (Å²) in [4.78, 5) is 62.2. The summed E-state index contributed by atoms with van der Waals surface area (Å²) >= 11 is 0. The Morgan fingerprint density at radius 3 is 1.35 bits per heavy atom. The average Bonchev–Trinajstić information content (AvgIpc) is 3.06. The third-order valence-electron chi connectivity index (χ3n) is 7.74. The lowest BCUT2D eigenvalue weighted by Gasteiger charge is -2.34. The molecule has 2 unspecified atom stereocenters. The fourth-order valence-corrected chi connectivity index (χ4v) is 4.10. The van der Waals surface area contributed by atoms with Crippen LogP contribution in [-0.2, 0) is 38.2 Å². The zero-order valence-corrected chi connectivity index (χ0v) is 30.9. The van der Waals surface area contributed by atoms with Crippen LogP contribution in [0.5, 0.6) is 0 Å². The van der Waals surface area contributed by atoms with Crippen LogP contribution in [0.2, 0.25) is 0 Å². The molecule has 13 heteroatoms. The molecule has 13 nitrogen and oxygen atoms in total. The Labute approximate surface area is 289 Å². The molecule has 0 rings (SSSR count). The predicted molar refractivity (Wildman–Crippen MR) is 187 cm³/mol. The molecule has 0 saturated carbocycles. The Bertz CT molecular complexity index is 883. The summed E-state index contributed by atoms with van der Waals surface area (Å²) in [5, 5.41) is 14.5. The third-order valence-corrected chi connectivity index (χ3v) is 7.74. The largest absolute Gasteiger partial charge is 0.378 e. The number of ether oxygens (including phenoxy) is 3. The molecule has 0 aliphatic heterocycles. The Kier molecular flexibility index (Phi) is 26.5. The SMILES string of the molecule is CCCNC(=O)CCOCC(COCCC(=O)NCC(C)CC)(COCCC(=O)NCC(C)CC)NC(=O)CCCC(=O)NCC(C)C. The maximum atomic E-state index is 13.2. The molecule has 0 fully saturated rings. The van der Waals surface area contributed by atoms with Crippen molar-refractivity contribution in [2.24, 2.45) is 17.8 Å². The number of rotatable bonds is 30. The first-order valence-corrected chi connectivity index (χ1v) is 18.0. The summed E-state index contributed by atoms with van der Waals surface area (Å²) in [7, 11) is 0. The summed E-state index contributed by atoms with van der Waals surface area (Å²) < 4.78 is 17.8. The van der Waals surface area contributed by atoms with Gasteiger partial charge in [-0.2, -0.15) is 0 Å². The smallest absolute Gasteiger partial charge is 0.222 e. The fraction of sp³-hybridized carbons (Fsp3) is 0.857. The first-order chi connectivity index (χ1) is 22.9.